The summed E-state index contributed by atoms with van der Waals surface area (Å²) in [5, 5.41) is 7.21. The zero-order chi connectivity index (χ0) is 19.8. The van der Waals surface area contributed by atoms with Crippen molar-refractivity contribution < 1.29 is 9.53 Å². The predicted octanol–water partition coefficient (Wildman–Crippen LogP) is 3.12. The maximum atomic E-state index is 12.1. The number of hydrogen-bond donors (Lipinski definition) is 1. The fraction of sp³-hybridized carbons (Fsp3) is 0.238. The van der Waals surface area contributed by atoms with E-state index in [9.17, 15) is 9.59 Å². The highest BCUT2D eigenvalue weighted by Gasteiger charge is 2.06. The van der Waals surface area contributed by atoms with E-state index in [2.05, 4.69) is 15.4 Å². The highest BCUT2D eigenvalue weighted by Crippen LogP contribution is 2.16. The summed E-state index contributed by atoms with van der Waals surface area (Å²) in [7, 11) is 0. The number of benzene rings is 1. The molecular weight excluding hydrogens is 356 g/mol. The van der Waals surface area contributed by atoms with Crippen LogP contribution < -0.4 is 15.6 Å². The molecule has 2 heterocycles. The van der Waals surface area contributed by atoms with Crippen LogP contribution in [0.5, 0.6) is 5.75 Å². The summed E-state index contributed by atoms with van der Waals surface area (Å²) < 4.78 is 6.76. The lowest BCUT2D eigenvalue weighted by Crippen LogP contribution is -2.23. The number of nitrogens with one attached hydrogen (secondary N) is 1. The number of ether oxygens (including phenoxy) is 1. The van der Waals surface area contributed by atoms with Gasteiger partial charge in [-0.2, -0.15) is 5.10 Å². The molecule has 0 aliphatic heterocycles. The van der Waals surface area contributed by atoms with E-state index in [1.165, 1.54) is 10.7 Å². The van der Waals surface area contributed by atoms with Crippen LogP contribution in [0.15, 0.2) is 65.7 Å². The molecule has 0 radical (unpaired) electrons. The molecule has 1 aromatic carbocycles. The van der Waals surface area contributed by atoms with Crippen LogP contribution >= 0.6 is 0 Å². The minimum Gasteiger partial charge on any atom is -0.494 e. The maximum absolute atomic E-state index is 12.1. The monoisotopic (exact) mass is 378 g/mol. The molecule has 0 aliphatic rings. The Balaban J connectivity index is 1.54. The number of aromatic nitrogens is 3. The van der Waals surface area contributed by atoms with Gasteiger partial charge in [0, 0.05) is 42.7 Å². The van der Waals surface area contributed by atoms with E-state index in [-0.39, 0.29) is 11.5 Å². The van der Waals surface area contributed by atoms with E-state index < -0.39 is 0 Å². The van der Waals surface area contributed by atoms with Gasteiger partial charge in [-0.3, -0.25) is 14.6 Å². The van der Waals surface area contributed by atoms with Crippen molar-refractivity contribution in [3.05, 3.63) is 71.3 Å². The molecule has 1 amide bonds. The van der Waals surface area contributed by atoms with Gasteiger partial charge in [-0.05, 0) is 55.8 Å². The van der Waals surface area contributed by atoms with Crippen molar-refractivity contribution in [2.24, 2.45) is 0 Å². The molecule has 28 heavy (non-hydrogen) atoms. The van der Waals surface area contributed by atoms with Gasteiger partial charge in [-0.15, -0.1) is 0 Å². The average molecular weight is 378 g/mol. The van der Waals surface area contributed by atoms with Gasteiger partial charge < -0.3 is 10.1 Å². The molecule has 0 spiro atoms. The minimum absolute atomic E-state index is 0.111. The topological polar surface area (TPSA) is 86.1 Å². The van der Waals surface area contributed by atoms with Crippen LogP contribution in [0.3, 0.4) is 0 Å². The van der Waals surface area contributed by atoms with Gasteiger partial charge in [0.15, 0.2) is 0 Å². The van der Waals surface area contributed by atoms with Gasteiger partial charge in [0.1, 0.15) is 5.75 Å². The second-order valence-corrected chi connectivity index (χ2v) is 6.13. The zero-order valence-corrected chi connectivity index (χ0v) is 15.7. The Morgan fingerprint density at radius 1 is 1.14 bits per heavy atom. The first-order valence-corrected chi connectivity index (χ1v) is 9.17. The Morgan fingerprint density at radius 3 is 2.68 bits per heavy atom. The molecule has 3 aromatic rings. The smallest absolute Gasteiger partial charge is 0.266 e. The summed E-state index contributed by atoms with van der Waals surface area (Å²) in [5.74, 6) is 0.653. The molecule has 1 N–H and O–H groups in total. The van der Waals surface area contributed by atoms with E-state index in [0.717, 1.165) is 11.3 Å². The van der Waals surface area contributed by atoms with Crippen LogP contribution in [0.4, 0.5) is 5.69 Å². The molecule has 3 rings (SSSR count). The Morgan fingerprint density at radius 2 is 1.96 bits per heavy atom. The Bertz CT molecular complexity index is 969. The third kappa shape index (κ3) is 5.26. The molecule has 7 heteroatoms. The van der Waals surface area contributed by atoms with Crippen LogP contribution in [0.2, 0.25) is 0 Å². The average Bonchev–Trinajstić information content (AvgIpc) is 2.72. The van der Waals surface area contributed by atoms with Gasteiger partial charge >= 0.3 is 0 Å². The van der Waals surface area contributed by atoms with E-state index in [1.807, 2.05) is 31.2 Å². The number of nitrogens with zero attached hydrogens (tertiary/aromatic N) is 3. The lowest BCUT2D eigenvalue weighted by molar-refractivity contribution is -0.116. The van der Waals surface area contributed by atoms with Crippen LogP contribution in [0, 0.1) is 0 Å². The normalized spacial score (nSPS) is 10.5. The number of pyridine rings is 1. The van der Waals surface area contributed by atoms with Crippen molar-refractivity contribution in [2.75, 3.05) is 11.9 Å². The number of carbonyl (C=O) groups excluding carboxylic acids is 1. The summed E-state index contributed by atoms with van der Waals surface area (Å²) in [4.78, 5) is 28.2. The van der Waals surface area contributed by atoms with Crippen molar-refractivity contribution in [1.82, 2.24) is 14.8 Å². The van der Waals surface area contributed by atoms with E-state index in [4.69, 9.17) is 4.74 Å². The van der Waals surface area contributed by atoms with Crippen LogP contribution in [0.1, 0.15) is 19.8 Å². The second kappa shape index (κ2) is 9.45. The summed E-state index contributed by atoms with van der Waals surface area (Å²) in [6, 6.07) is 14.1. The van der Waals surface area contributed by atoms with E-state index in [0.29, 0.717) is 37.4 Å². The molecule has 0 saturated heterocycles. The standard InChI is InChI=1S/C21H22N4O3/c1-2-28-18-9-7-17(8-10-18)23-20(26)6-4-14-25-21(27)12-11-19(24-25)16-5-3-13-22-15-16/h3,5,7-13,15H,2,4,6,14H2,1H3,(H,23,26). The Labute approximate surface area is 163 Å². The van der Waals surface area contributed by atoms with Gasteiger partial charge in [0.2, 0.25) is 5.91 Å². The van der Waals surface area contributed by atoms with Gasteiger partial charge in [-0.1, -0.05) is 0 Å². The number of aryl methyl sites for hydroxylation is 1. The quantitative estimate of drug-likeness (QED) is 0.651. The number of amides is 1. The van der Waals surface area contributed by atoms with E-state index >= 15 is 0 Å². The fourth-order valence-electron chi connectivity index (χ4n) is 2.69. The molecule has 144 valence electrons. The van der Waals surface area contributed by atoms with Gasteiger partial charge in [0.05, 0.1) is 12.3 Å². The van der Waals surface area contributed by atoms with Crippen molar-refractivity contribution in [1.29, 1.82) is 0 Å². The lowest BCUT2D eigenvalue weighted by Gasteiger charge is -2.08. The zero-order valence-electron chi connectivity index (χ0n) is 15.7. The van der Waals surface area contributed by atoms with Crippen molar-refractivity contribution in [2.45, 2.75) is 26.3 Å². The summed E-state index contributed by atoms with van der Waals surface area (Å²) in [6.07, 6.45) is 4.18. The van der Waals surface area contributed by atoms with Crippen LogP contribution in [-0.4, -0.2) is 27.3 Å². The first-order valence-electron chi connectivity index (χ1n) is 9.17. The molecule has 0 atom stereocenters. The third-order valence-corrected chi connectivity index (χ3v) is 4.05. The minimum atomic E-state index is -0.195. The third-order valence-electron chi connectivity index (χ3n) is 4.05. The number of carbonyl (C=O) groups is 1. The molecule has 0 unspecified atom stereocenters. The Kier molecular flexibility index (Phi) is 6.51. The molecule has 2 aromatic heterocycles. The molecule has 0 aliphatic carbocycles. The summed E-state index contributed by atoms with van der Waals surface area (Å²) in [5.41, 5.74) is 2.03. The number of anilines is 1. The van der Waals surface area contributed by atoms with E-state index in [1.54, 1.807) is 30.6 Å². The fourth-order valence-corrected chi connectivity index (χ4v) is 2.69. The first kappa shape index (κ1) is 19.3. The van der Waals surface area contributed by atoms with Crippen molar-refractivity contribution in [3.63, 3.8) is 0 Å². The van der Waals surface area contributed by atoms with Gasteiger partial charge in [0.25, 0.3) is 5.56 Å². The largest absolute Gasteiger partial charge is 0.494 e. The van der Waals surface area contributed by atoms with Crippen LogP contribution in [-0.2, 0) is 11.3 Å². The number of hydrogen-bond acceptors (Lipinski definition) is 5. The maximum Gasteiger partial charge on any atom is 0.266 e. The SMILES string of the molecule is CCOc1ccc(NC(=O)CCCn2nc(-c3cccnc3)ccc2=O)cc1. The Hall–Kier alpha value is -3.48. The van der Waals surface area contributed by atoms with Crippen molar-refractivity contribution >= 4 is 11.6 Å². The lowest BCUT2D eigenvalue weighted by atomic mass is 10.2. The highest BCUT2D eigenvalue weighted by atomic mass is 16.5. The second-order valence-electron chi connectivity index (χ2n) is 6.13. The predicted molar refractivity (Wildman–Crippen MR) is 107 cm³/mol. The molecule has 0 bridgehead atoms. The van der Waals surface area contributed by atoms with Gasteiger partial charge in [-0.25, -0.2) is 4.68 Å². The molecule has 0 fully saturated rings. The summed E-state index contributed by atoms with van der Waals surface area (Å²) in [6.45, 7) is 2.88. The first-order chi connectivity index (χ1) is 13.7. The van der Waals surface area contributed by atoms with Crippen molar-refractivity contribution in [3.8, 4) is 17.0 Å². The summed E-state index contributed by atoms with van der Waals surface area (Å²) >= 11 is 0. The van der Waals surface area contributed by atoms with Crippen LogP contribution in [0.25, 0.3) is 11.3 Å². The molecule has 0 saturated carbocycles. The molecule has 7 nitrogen and oxygen atoms in total. The highest BCUT2D eigenvalue weighted by molar-refractivity contribution is 5.90. The molecular formula is C21H22N4O3. The number of rotatable bonds is 8.